The summed E-state index contributed by atoms with van der Waals surface area (Å²) in [5, 5.41) is 22.8. The van der Waals surface area contributed by atoms with E-state index in [9.17, 15) is 9.90 Å². The van der Waals surface area contributed by atoms with Gasteiger partial charge in [0.15, 0.2) is 0 Å². The minimum Gasteiger partial charge on any atom is -0.506 e. The van der Waals surface area contributed by atoms with E-state index in [1.54, 1.807) is 12.1 Å². The Morgan fingerprint density at radius 1 is 1.50 bits per heavy atom. The summed E-state index contributed by atoms with van der Waals surface area (Å²) < 4.78 is 0. The van der Waals surface area contributed by atoms with Crippen LogP contribution in [-0.4, -0.2) is 33.6 Å². The van der Waals surface area contributed by atoms with Gasteiger partial charge in [-0.15, -0.1) is 11.6 Å². The van der Waals surface area contributed by atoms with Crippen LogP contribution in [-0.2, 0) is 0 Å². The van der Waals surface area contributed by atoms with Crippen molar-refractivity contribution in [3.63, 3.8) is 0 Å². The second-order valence-corrected chi connectivity index (χ2v) is 4.67. The monoisotopic (exact) mass is 266 g/mol. The second-order valence-electron chi connectivity index (χ2n) is 4.37. The molecule has 1 aromatic carbocycles. The second kappa shape index (κ2) is 3.81. The smallest absolute Gasteiger partial charge is 0.352 e. The fraction of sp³-hybridized carbons (Fsp3) is 0.250. The number of benzene rings is 1. The first-order chi connectivity index (χ1) is 8.61. The number of phenolic OH excluding ortho intramolecular Hbond substituents is 1. The van der Waals surface area contributed by atoms with Gasteiger partial charge in [0.25, 0.3) is 0 Å². The summed E-state index contributed by atoms with van der Waals surface area (Å²) in [6, 6.07) is 3.15. The van der Waals surface area contributed by atoms with E-state index in [1.165, 1.54) is 0 Å². The van der Waals surface area contributed by atoms with Gasteiger partial charge < -0.3 is 20.5 Å². The number of hydrogen-bond acceptors (Lipinski definition) is 3. The van der Waals surface area contributed by atoms with Crippen molar-refractivity contribution in [1.29, 1.82) is 0 Å². The third-order valence-electron chi connectivity index (χ3n) is 3.30. The van der Waals surface area contributed by atoms with Crippen molar-refractivity contribution in [3.05, 3.63) is 23.4 Å². The van der Waals surface area contributed by atoms with Gasteiger partial charge in [-0.25, -0.2) is 4.79 Å². The number of fused-ring (bicyclic) bond motifs is 3. The Balaban J connectivity index is 2.33. The lowest BCUT2D eigenvalue weighted by atomic mass is 9.98. The SMILES string of the molecule is O=C(O)c1cc2c3c(cc(O)c2[nH]1)NCC3CCl. The maximum Gasteiger partial charge on any atom is 0.352 e. The van der Waals surface area contributed by atoms with E-state index in [0.717, 1.165) is 16.6 Å². The molecule has 18 heavy (non-hydrogen) atoms. The van der Waals surface area contributed by atoms with E-state index < -0.39 is 5.97 Å². The van der Waals surface area contributed by atoms with Crippen LogP contribution in [0.25, 0.3) is 10.9 Å². The topological polar surface area (TPSA) is 85.3 Å². The average molecular weight is 267 g/mol. The molecule has 3 rings (SSSR count). The molecular weight excluding hydrogens is 256 g/mol. The molecule has 0 amide bonds. The first-order valence-electron chi connectivity index (χ1n) is 5.53. The van der Waals surface area contributed by atoms with Crippen molar-refractivity contribution in [2.24, 2.45) is 0 Å². The summed E-state index contributed by atoms with van der Waals surface area (Å²) in [4.78, 5) is 13.7. The molecule has 0 fully saturated rings. The number of halogens is 1. The van der Waals surface area contributed by atoms with Crippen molar-refractivity contribution in [2.45, 2.75) is 5.92 Å². The Morgan fingerprint density at radius 3 is 2.94 bits per heavy atom. The third-order valence-corrected chi connectivity index (χ3v) is 3.67. The van der Waals surface area contributed by atoms with Gasteiger partial charge in [0.1, 0.15) is 11.4 Å². The standard InChI is InChI=1S/C12H11ClN2O3/c13-3-5-4-14-7-2-9(16)11-6(10(5)7)1-8(15-11)12(17)18/h1-2,5,14-16H,3-4H2,(H,17,18). The summed E-state index contributed by atoms with van der Waals surface area (Å²) >= 11 is 5.92. The van der Waals surface area contributed by atoms with Crippen LogP contribution in [0.4, 0.5) is 5.69 Å². The van der Waals surface area contributed by atoms with Crippen LogP contribution in [0.2, 0.25) is 0 Å². The molecule has 1 aromatic heterocycles. The molecule has 1 unspecified atom stereocenters. The van der Waals surface area contributed by atoms with Crippen LogP contribution in [0.3, 0.4) is 0 Å². The molecule has 2 heterocycles. The van der Waals surface area contributed by atoms with Gasteiger partial charge in [0.05, 0.1) is 5.52 Å². The van der Waals surface area contributed by atoms with Crippen LogP contribution in [0.15, 0.2) is 12.1 Å². The highest BCUT2D eigenvalue weighted by Gasteiger charge is 2.27. The molecule has 0 spiro atoms. The quantitative estimate of drug-likeness (QED) is 0.629. The molecule has 1 atom stereocenters. The van der Waals surface area contributed by atoms with Crippen LogP contribution in [0.5, 0.6) is 5.75 Å². The largest absolute Gasteiger partial charge is 0.506 e. The van der Waals surface area contributed by atoms with E-state index >= 15 is 0 Å². The van der Waals surface area contributed by atoms with Crippen LogP contribution >= 0.6 is 11.6 Å². The van der Waals surface area contributed by atoms with Crippen molar-refractivity contribution in [3.8, 4) is 5.75 Å². The summed E-state index contributed by atoms with van der Waals surface area (Å²) in [6.45, 7) is 0.699. The lowest BCUT2D eigenvalue weighted by Crippen LogP contribution is -2.02. The number of aromatic carboxylic acids is 1. The number of carbonyl (C=O) groups is 1. The predicted octanol–water partition coefficient (Wildman–Crippen LogP) is 2.32. The number of aromatic amines is 1. The number of phenols is 1. The minimum atomic E-state index is -1.05. The Hall–Kier alpha value is -1.88. The Morgan fingerprint density at radius 2 is 2.28 bits per heavy atom. The Labute approximate surface area is 107 Å². The summed E-state index contributed by atoms with van der Waals surface area (Å²) in [6.07, 6.45) is 0. The number of carboxylic acids is 1. The molecule has 0 radical (unpaired) electrons. The number of alkyl halides is 1. The van der Waals surface area contributed by atoms with Crippen molar-refractivity contribution < 1.29 is 15.0 Å². The molecule has 4 N–H and O–H groups in total. The van der Waals surface area contributed by atoms with Crippen LogP contribution < -0.4 is 5.32 Å². The number of anilines is 1. The molecule has 0 aliphatic carbocycles. The van der Waals surface area contributed by atoms with Gasteiger partial charge >= 0.3 is 5.97 Å². The average Bonchev–Trinajstić information content (AvgIpc) is 2.91. The lowest BCUT2D eigenvalue weighted by molar-refractivity contribution is 0.0691. The number of carboxylic acid groups (broad SMARTS) is 1. The Kier molecular flexibility index (Phi) is 2.38. The first kappa shape index (κ1) is 11.2. The zero-order valence-electron chi connectivity index (χ0n) is 9.33. The third kappa shape index (κ3) is 1.44. The van der Waals surface area contributed by atoms with Gasteiger partial charge in [-0.2, -0.15) is 0 Å². The van der Waals surface area contributed by atoms with Crippen LogP contribution in [0, 0.1) is 0 Å². The van der Waals surface area contributed by atoms with Gasteiger partial charge in [-0.05, 0) is 11.6 Å². The zero-order chi connectivity index (χ0) is 12.9. The van der Waals surface area contributed by atoms with Gasteiger partial charge in [-0.3, -0.25) is 0 Å². The molecule has 1 aliphatic rings. The summed E-state index contributed by atoms with van der Waals surface area (Å²) in [5.74, 6) is -0.429. The lowest BCUT2D eigenvalue weighted by Gasteiger charge is -2.07. The predicted molar refractivity (Wildman–Crippen MR) is 68.9 cm³/mol. The minimum absolute atomic E-state index is 0.0407. The molecule has 0 saturated carbocycles. The Bertz CT molecular complexity index is 650. The van der Waals surface area contributed by atoms with Crippen molar-refractivity contribution >= 4 is 34.2 Å². The molecule has 5 nitrogen and oxygen atoms in total. The normalized spacial score (nSPS) is 17.7. The van der Waals surface area contributed by atoms with E-state index in [2.05, 4.69) is 10.3 Å². The summed E-state index contributed by atoms with van der Waals surface area (Å²) in [7, 11) is 0. The van der Waals surface area contributed by atoms with E-state index in [4.69, 9.17) is 16.7 Å². The highest BCUT2D eigenvalue weighted by molar-refractivity contribution is 6.18. The maximum absolute atomic E-state index is 11.0. The number of hydrogen-bond donors (Lipinski definition) is 4. The maximum atomic E-state index is 11.0. The molecule has 2 aromatic rings. The molecular formula is C12H11ClN2O3. The number of aromatic hydroxyl groups is 1. The molecule has 1 aliphatic heterocycles. The number of nitrogens with one attached hydrogen (secondary N) is 2. The van der Waals surface area contributed by atoms with Gasteiger partial charge in [0, 0.05) is 35.5 Å². The fourth-order valence-electron chi connectivity index (χ4n) is 2.47. The fourth-order valence-corrected chi connectivity index (χ4v) is 2.73. The number of H-pyrrole nitrogens is 1. The zero-order valence-corrected chi connectivity index (χ0v) is 10.1. The van der Waals surface area contributed by atoms with Crippen molar-refractivity contribution in [2.75, 3.05) is 17.7 Å². The van der Waals surface area contributed by atoms with Crippen LogP contribution in [0.1, 0.15) is 22.0 Å². The van der Waals surface area contributed by atoms with E-state index in [1.807, 2.05) is 0 Å². The van der Waals surface area contributed by atoms with E-state index in [-0.39, 0.29) is 17.4 Å². The first-order valence-corrected chi connectivity index (χ1v) is 6.07. The molecule has 0 saturated heterocycles. The summed E-state index contributed by atoms with van der Waals surface area (Å²) in [5.41, 5.74) is 2.31. The van der Waals surface area contributed by atoms with Gasteiger partial charge in [-0.1, -0.05) is 0 Å². The number of rotatable bonds is 2. The highest BCUT2D eigenvalue weighted by atomic mass is 35.5. The highest BCUT2D eigenvalue weighted by Crippen LogP contribution is 2.42. The number of aromatic nitrogens is 1. The van der Waals surface area contributed by atoms with Crippen molar-refractivity contribution in [1.82, 2.24) is 4.98 Å². The molecule has 0 bridgehead atoms. The molecule has 6 heteroatoms. The molecule has 94 valence electrons. The van der Waals surface area contributed by atoms with Gasteiger partial charge in [0.2, 0.25) is 0 Å². The van der Waals surface area contributed by atoms with E-state index in [0.29, 0.717) is 17.9 Å².